The zero-order valence-corrected chi connectivity index (χ0v) is 18.9. The van der Waals surface area contributed by atoms with E-state index in [-0.39, 0.29) is 5.91 Å². The molecule has 5 heterocycles. The van der Waals surface area contributed by atoms with Crippen molar-refractivity contribution in [3.63, 3.8) is 0 Å². The number of nitrogens with one attached hydrogen (secondary N) is 1. The number of carbonyl (C=O) groups is 1. The summed E-state index contributed by atoms with van der Waals surface area (Å²) >= 11 is 4.74. The SMILES string of the molecule is Cc1cc(C(=O)Nc2nnc(SCc3cccs3)s2)c2nc3n(c2n1)CCCCC3. The number of aromatic nitrogens is 5. The topological polar surface area (TPSA) is 85.6 Å². The highest BCUT2D eigenvalue weighted by Crippen LogP contribution is 2.30. The van der Waals surface area contributed by atoms with Crippen molar-refractivity contribution in [1.82, 2.24) is 24.7 Å². The van der Waals surface area contributed by atoms with Gasteiger partial charge in [-0.05, 0) is 37.3 Å². The van der Waals surface area contributed by atoms with Crippen molar-refractivity contribution < 1.29 is 4.79 Å². The molecule has 0 spiro atoms. The summed E-state index contributed by atoms with van der Waals surface area (Å²) in [5, 5.41) is 13.8. The molecule has 1 N–H and O–H groups in total. The average Bonchev–Trinajstić information content (AvgIpc) is 3.44. The Hall–Kier alpha value is -2.30. The molecule has 0 unspecified atom stereocenters. The fourth-order valence-corrected chi connectivity index (χ4v) is 6.12. The number of aryl methyl sites for hydroxylation is 3. The van der Waals surface area contributed by atoms with Crippen LogP contribution in [0.1, 0.15) is 46.0 Å². The second-order valence-corrected chi connectivity index (χ2v) is 10.4. The molecule has 0 atom stereocenters. The normalized spacial score (nSPS) is 13.9. The monoisotopic (exact) mass is 456 g/mol. The minimum absolute atomic E-state index is 0.218. The third-order valence-electron chi connectivity index (χ3n) is 4.98. The van der Waals surface area contributed by atoms with Gasteiger partial charge in [0.2, 0.25) is 5.13 Å². The van der Waals surface area contributed by atoms with E-state index in [1.54, 1.807) is 29.2 Å². The average molecular weight is 457 g/mol. The van der Waals surface area contributed by atoms with Gasteiger partial charge in [-0.1, -0.05) is 35.6 Å². The molecule has 0 bridgehead atoms. The van der Waals surface area contributed by atoms with Crippen molar-refractivity contribution in [1.29, 1.82) is 0 Å². The van der Waals surface area contributed by atoms with Gasteiger partial charge in [0, 0.05) is 29.3 Å². The Balaban J connectivity index is 1.37. The van der Waals surface area contributed by atoms with Gasteiger partial charge in [-0.15, -0.1) is 21.5 Å². The van der Waals surface area contributed by atoms with Gasteiger partial charge in [-0.3, -0.25) is 10.1 Å². The largest absolute Gasteiger partial charge is 0.313 e. The summed E-state index contributed by atoms with van der Waals surface area (Å²) in [6.07, 6.45) is 4.37. The van der Waals surface area contributed by atoms with E-state index in [4.69, 9.17) is 4.98 Å². The van der Waals surface area contributed by atoms with Crippen molar-refractivity contribution in [3.05, 3.63) is 45.5 Å². The number of fused-ring (bicyclic) bond motifs is 3. The van der Waals surface area contributed by atoms with Crippen LogP contribution in [0.15, 0.2) is 27.9 Å². The number of nitrogens with zero attached hydrogens (tertiary/aromatic N) is 5. The molecule has 10 heteroatoms. The van der Waals surface area contributed by atoms with E-state index < -0.39 is 0 Å². The van der Waals surface area contributed by atoms with Gasteiger partial charge < -0.3 is 4.57 Å². The molecule has 5 rings (SSSR count). The lowest BCUT2D eigenvalue weighted by atomic mass is 10.2. The summed E-state index contributed by atoms with van der Waals surface area (Å²) in [6.45, 7) is 2.82. The fraction of sp³-hybridized carbons (Fsp3) is 0.350. The van der Waals surface area contributed by atoms with Gasteiger partial charge in [-0.2, -0.15) is 0 Å². The molecule has 0 radical (unpaired) electrons. The highest BCUT2D eigenvalue weighted by atomic mass is 32.2. The molecule has 7 nitrogen and oxygen atoms in total. The van der Waals surface area contributed by atoms with Crippen LogP contribution in [0.25, 0.3) is 11.2 Å². The molecule has 4 aromatic heterocycles. The molecule has 0 saturated heterocycles. The van der Waals surface area contributed by atoms with Crippen LogP contribution in [0.3, 0.4) is 0 Å². The summed E-state index contributed by atoms with van der Waals surface area (Å²) in [5.41, 5.74) is 2.83. The zero-order valence-electron chi connectivity index (χ0n) is 16.4. The number of hydrogen-bond acceptors (Lipinski definition) is 8. The summed E-state index contributed by atoms with van der Waals surface area (Å²) in [5.74, 6) is 1.66. The Morgan fingerprint density at radius 2 is 2.20 bits per heavy atom. The third kappa shape index (κ3) is 3.99. The number of pyridine rings is 1. The van der Waals surface area contributed by atoms with Gasteiger partial charge in [0.05, 0.1) is 5.56 Å². The molecule has 0 fully saturated rings. The van der Waals surface area contributed by atoms with Crippen LogP contribution in [0.4, 0.5) is 5.13 Å². The molecule has 1 aliphatic rings. The van der Waals surface area contributed by atoms with Gasteiger partial charge in [-0.25, -0.2) is 9.97 Å². The highest BCUT2D eigenvalue weighted by molar-refractivity contribution is 8.00. The van der Waals surface area contributed by atoms with E-state index in [1.807, 2.05) is 13.0 Å². The maximum absolute atomic E-state index is 13.1. The van der Waals surface area contributed by atoms with E-state index >= 15 is 0 Å². The first-order valence-corrected chi connectivity index (χ1v) is 12.5. The van der Waals surface area contributed by atoms with Crippen LogP contribution in [0.5, 0.6) is 0 Å². The third-order valence-corrected chi connectivity index (χ3v) is 8.06. The minimum atomic E-state index is -0.218. The van der Waals surface area contributed by atoms with Crippen LogP contribution in [0, 0.1) is 6.92 Å². The van der Waals surface area contributed by atoms with Gasteiger partial charge in [0.25, 0.3) is 5.91 Å². The van der Waals surface area contributed by atoms with E-state index in [0.717, 1.165) is 53.1 Å². The molecule has 0 saturated carbocycles. The standard InChI is InChI=1S/C20H20N6OS3/c1-12-10-14(16-17(21-12)26-8-4-2-3-7-15(26)22-16)18(27)23-19-24-25-20(30-19)29-11-13-6-5-9-28-13/h5-6,9-10H,2-4,7-8,11H2,1H3,(H,23,24,27). The van der Waals surface area contributed by atoms with E-state index in [9.17, 15) is 4.79 Å². The van der Waals surface area contributed by atoms with Crippen molar-refractivity contribution >= 4 is 56.6 Å². The first-order chi connectivity index (χ1) is 14.7. The van der Waals surface area contributed by atoms with Gasteiger partial charge in [0.15, 0.2) is 9.99 Å². The number of rotatable bonds is 5. The number of carbonyl (C=O) groups excluding carboxylic acids is 1. The first kappa shape index (κ1) is 19.7. The Morgan fingerprint density at radius 1 is 1.27 bits per heavy atom. The van der Waals surface area contributed by atoms with Crippen LogP contribution < -0.4 is 5.32 Å². The molecule has 1 aliphatic heterocycles. The Kier molecular flexibility index (Phi) is 5.53. The van der Waals surface area contributed by atoms with Crippen molar-refractivity contribution in [2.75, 3.05) is 5.32 Å². The maximum Gasteiger partial charge on any atom is 0.259 e. The molecule has 30 heavy (non-hydrogen) atoms. The second-order valence-electron chi connectivity index (χ2n) is 7.17. The zero-order chi connectivity index (χ0) is 20.5. The number of amides is 1. The summed E-state index contributed by atoms with van der Waals surface area (Å²) in [7, 11) is 0. The molecule has 1 amide bonds. The smallest absolute Gasteiger partial charge is 0.259 e. The van der Waals surface area contributed by atoms with Crippen LogP contribution in [-0.4, -0.2) is 30.6 Å². The molecule has 0 aromatic carbocycles. The van der Waals surface area contributed by atoms with Gasteiger partial charge >= 0.3 is 0 Å². The molecule has 0 aliphatic carbocycles. The number of thioether (sulfide) groups is 1. The maximum atomic E-state index is 13.1. The van der Waals surface area contributed by atoms with Crippen molar-refractivity contribution in [2.45, 2.75) is 49.2 Å². The molecular weight excluding hydrogens is 436 g/mol. The van der Waals surface area contributed by atoms with E-state index in [1.165, 1.54) is 22.6 Å². The van der Waals surface area contributed by atoms with Gasteiger partial charge in [0.1, 0.15) is 11.3 Å². The Bertz CT molecular complexity index is 1200. The molecular formula is C20H20N6OS3. The van der Waals surface area contributed by atoms with E-state index in [2.05, 4.69) is 36.5 Å². The quantitative estimate of drug-likeness (QED) is 0.339. The van der Waals surface area contributed by atoms with Crippen LogP contribution in [0.2, 0.25) is 0 Å². The van der Waals surface area contributed by atoms with Crippen LogP contribution in [-0.2, 0) is 18.7 Å². The molecule has 4 aromatic rings. The number of anilines is 1. The van der Waals surface area contributed by atoms with Crippen LogP contribution >= 0.6 is 34.4 Å². The summed E-state index contributed by atoms with van der Waals surface area (Å²) in [4.78, 5) is 23.8. The lowest BCUT2D eigenvalue weighted by molar-refractivity contribution is 0.102. The lowest BCUT2D eigenvalue weighted by Gasteiger charge is -2.06. The minimum Gasteiger partial charge on any atom is -0.313 e. The summed E-state index contributed by atoms with van der Waals surface area (Å²) < 4.78 is 3.01. The predicted octanol–water partition coefficient (Wildman–Crippen LogP) is 4.92. The second kappa shape index (κ2) is 8.44. The lowest BCUT2D eigenvalue weighted by Crippen LogP contribution is -2.13. The Morgan fingerprint density at radius 3 is 3.07 bits per heavy atom. The number of thiophene rings is 1. The molecule has 154 valence electrons. The predicted molar refractivity (Wildman–Crippen MR) is 122 cm³/mol. The number of imidazole rings is 1. The number of hydrogen-bond donors (Lipinski definition) is 1. The van der Waals surface area contributed by atoms with E-state index in [0.29, 0.717) is 16.2 Å². The van der Waals surface area contributed by atoms with Crippen molar-refractivity contribution in [2.24, 2.45) is 0 Å². The Labute approximate surface area is 186 Å². The first-order valence-electron chi connectivity index (χ1n) is 9.84. The fourth-order valence-electron chi connectivity index (χ4n) is 3.60. The van der Waals surface area contributed by atoms with Crippen molar-refractivity contribution in [3.8, 4) is 0 Å². The highest BCUT2D eigenvalue weighted by Gasteiger charge is 2.21. The summed E-state index contributed by atoms with van der Waals surface area (Å²) in [6, 6.07) is 5.95.